The third kappa shape index (κ3) is 4.52. The Morgan fingerprint density at radius 3 is 2.67 bits per heavy atom. The highest BCUT2D eigenvalue weighted by Gasteiger charge is 2.26. The third-order valence-corrected chi connectivity index (χ3v) is 4.72. The number of carbonyl (C=O) groups is 2. The number of amides is 2. The molecule has 5 nitrogen and oxygen atoms in total. The van der Waals surface area contributed by atoms with Gasteiger partial charge in [0.1, 0.15) is 0 Å². The first kappa shape index (κ1) is 15.9. The van der Waals surface area contributed by atoms with Gasteiger partial charge in [-0.3, -0.25) is 9.59 Å². The molecule has 0 atom stereocenters. The van der Waals surface area contributed by atoms with Crippen LogP contribution in [-0.4, -0.2) is 34.8 Å². The smallest absolute Gasteiger partial charge is 0.245 e. The van der Waals surface area contributed by atoms with Crippen LogP contribution in [0, 0.1) is 12.8 Å². The lowest BCUT2D eigenvalue weighted by Gasteiger charge is -2.27. The van der Waals surface area contributed by atoms with E-state index in [9.17, 15) is 9.59 Å². The van der Waals surface area contributed by atoms with Crippen molar-refractivity contribution in [1.82, 2.24) is 9.88 Å². The van der Waals surface area contributed by atoms with E-state index in [0.29, 0.717) is 11.7 Å². The fraction of sp³-hybridized carbons (Fsp3) is 0.667. The second-order valence-electron chi connectivity index (χ2n) is 5.53. The molecular formula is C15H23N3O2S. The highest BCUT2D eigenvalue weighted by Crippen LogP contribution is 2.25. The van der Waals surface area contributed by atoms with Gasteiger partial charge in [-0.2, -0.15) is 0 Å². The van der Waals surface area contributed by atoms with Gasteiger partial charge in [-0.15, -0.1) is 11.3 Å². The second-order valence-corrected chi connectivity index (χ2v) is 6.39. The summed E-state index contributed by atoms with van der Waals surface area (Å²) in [7, 11) is 0. The SMILES string of the molecule is CCN(CC(=O)Nc1nc(C)cs1)C(=O)C1CCCCC1. The van der Waals surface area contributed by atoms with Gasteiger partial charge in [0.25, 0.3) is 0 Å². The number of aryl methyl sites for hydroxylation is 1. The number of hydrogen-bond acceptors (Lipinski definition) is 4. The van der Waals surface area contributed by atoms with Crippen molar-refractivity contribution in [3.63, 3.8) is 0 Å². The zero-order valence-electron chi connectivity index (χ0n) is 12.7. The summed E-state index contributed by atoms with van der Waals surface area (Å²) in [4.78, 5) is 30.4. The summed E-state index contributed by atoms with van der Waals surface area (Å²) >= 11 is 1.40. The van der Waals surface area contributed by atoms with Gasteiger partial charge in [-0.1, -0.05) is 19.3 Å². The normalized spacial score (nSPS) is 15.7. The zero-order valence-corrected chi connectivity index (χ0v) is 13.5. The molecule has 1 fully saturated rings. The number of nitrogens with one attached hydrogen (secondary N) is 1. The molecular weight excluding hydrogens is 286 g/mol. The number of carbonyl (C=O) groups excluding carboxylic acids is 2. The third-order valence-electron chi connectivity index (χ3n) is 3.85. The van der Waals surface area contributed by atoms with E-state index in [0.717, 1.165) is 31.4 Å². The molecule has 1 heterocycles. The van der Waals surface area contributed by atoms with Crippen LogP contribution < -0.4 is 5.32 Å². The first-order valence-corrected chi connectivity index (χ1v) is 8.49. The zero-order chi connectivity index (χ0) is 15.2. The van der Waals surface area contributed by atoms with Crippen molar-refractivity contribution in [2.45, 2.75) is 46.0 Å². The molecule has 1 aliphatic rings. The van der Waals surface area contributed by atoms with E-state index in [2.05, 4.69) is 10.3 Å². The van der Waals surface area contributed by atoms with Crippen LogP contribution in [-0.2, 0) is 9.59 Å². The van der Waals surface area contributed by atoms with E-state index >= 15 is 0 Å². The van der Waals surface area contributed by atoms with Gasteiger partial charge in [0.05, 0.1) is 12.2 Å². The Morgan fingerprint density at radius 1 is 1.38 bits per heavy atom. The number of hydrogen-bond donors (Lipinski definition) is 1. The van der Waals surface area contributed by atoms with Gasteiger partial charge in [-0.25, -0.2) is 4.98 Å². The molecule has 6 heteroatoms. The fourth-order valence-corrected chi connectivity index (χ4v) is 3.40. The molecule has 0 bridgehead atoms. The lowest BCUT2D eigenvalue weighted by Crippen LogP contribution is -2.41. The van der Waals surface area contributed by atoms with E-state index in [1.54, 1.807) is 4.90 Å². The first-order chi connectivity index (χ1) is 10.1. The average molecular weight is 309 g/mol. The number of rotatable bonds is 5. The summed E-state index contributed by atoms with van der Waals surface area (Å²) < 4.78 is 0. The molecule has 21 heavy (non-hydrogen) atoms. The van der Waals surface area contributed by atoms with Gasteiger partial charge in [0.15, 0.2) is 5.13 Å². The molecule has 0 spiro atoms. The molecule has 0 saturated heterocycles. The first-order valence-electron chi connectivity index (χ1n) is 7.61. The van der Waals surface area contributed by atoms with E-state index in [1.807, 2.05) is 19.2 Å². The number of aromatic nitrogens is 1. The lowest BCUT2D eigenvalue weighted by molar-refractivity contribution is -0.139. The average Bonchev–Trinajstić information content (AvgIpc) is 2.90. The molecule has 1 saturated carbocycles. The van der Waals surface area contributed by atoms with Crippen molar-refractivity contribution in [3.05, 3.63) is 11.1 Å². The van der Waals surface area contributed by atoms with E-state index in [-0.39, 0.29) is 24.3 Å². The molecule has 1 aromatic rings. The van der Waals surface area contributed by atoms with Gasteiger partial charge >= 0.3 is 0 Å². The summed E-state index contributed by atoms with van der Waals surface area (Å²) in [6.45, 7) is 4.49. The number of thiazole rings is 1. The summed E-state index contributed by atoms with van der Waals surface area (Å²) in [5.41, 5.74) is 0.890. The Labute approximate surface area is 129 Å². The standard InChI is InChI=1S/C15H23N3O2S/c1-3-18(14(20)12-7-5-4-6-8-12)9-13(19)17-15-16-11(2)10-21-15/h10,12H,3-9H2,1-2H3,(H,16,17,19). The van der Waals surface area contributed by atoms with Crippen molar-refractivity contribution < 1.29 is 9.59 Å². The van der Waals surface area contributed by atoms with Crippen LogP contribution in [0.25, 0.3) is 0 Å². The number of nitrogens with zero attached hydrogens (tertiary/aromatic N) is 2. The van der Waals surface area contributed by atoms with Crippen molar-refractivity contribution in [1.29, 1.82) is 0 Å². The van der Waals surface area contributed by atoms with Gasteiger partial charge < -0.3 is 10.2 Å². The monoisotopic (exact) mass is 309 g/mol. The van der Waals surface area contributed by atoms with Crippen molar-refractivity contribution in [2.24, 2.45) is 5.92 Å². The van der Waals surface area contributed by atoms with E-state index < -0.39 is 0 Å². The molecule has 1 aliphatic carbocycles. The maximum absolute atomic E-state index is 12.5. The summed E-state index contributed by atoms with van der Waals surface area (Å²) in [6, 6.07) is 0. The molecule has 1 N–H and O–H groups in total. The Balaban J connectivity index is 1.88. The Morgan fingerprint density at radius 2 is 2.10 bits per heavy atom. The molecule has 116 valence electrons. The minimum atomic E-state index is -0.171. The van der Waals surface area contributed by atoms with Gasteiger partial charge in [0.2, 0.25) is 11.8 Å². The fourth-order valence-electron chi connectivity index (χ4n) is 2.70. The molecule has 2 rings (SSSR count). The van der Waals surface area contributed by atoms with Crippen LogP contribution in [0.5, 0.6) is 0 Å². The maximum atomic E-state index is 12.5. The van der Waals surface area contributed by atoms with Crippen LogP contribution in [0.3, 0.4) is 0 Å². The maximum Gasteiger partial charge on any atom is 0.245 e. The van der Waals surface area contributed by atoms with E-state index in [4.69, 9.17) is 0 Å². The van der Waals surface area contributed by atoms with Crippen molar-refractivity contribution >= 4 is 28.3 Å². The minimum absolute atomic E-state index is 0.105. The van der Waals surface area contributed by atoms with E-state index in [1.165, 1.54) is 17.8 Å². The second kappa shape index (κ2) is 7.54. The predicted octanol–water partition coefficient (Wildman–Crippen LogP) is 2.82. The Hall–Kier alpha value is -1.43. The van der Waals surface area contributed by atoms with Crippen LogP contribution in [0.4, 0.5) is 5.13 Å². The number of anilines is 1. The highest BCUT2D eigenvalue weighted by atomic mass is 32.1. The molecule has 0 aliphatic heterocycles. The Bertz CT molecular complexity index is 495. The Kier molecular flexibility index (Phi) is 5.73. The van der Waals surface area contributed by atoms with Gasteiger partial charge in [0, 0.05) is 17.8 Å². The van der Waals surface area contributed by atoms with Gasteiger partial charge in [-0.05, 0) is 26.7 Å². The quantitative estimate of drug-likeness (QED) is 0.909. The van der Waals surface area contributed by atoms with Crippen LogP contribution in [0.1, 0.15) is 44.7 Å². The summed E-state index contributed by atoms with van der Waals surface area (Å²) in [5, 5.41) is 5.25. The summed E-state index contributed by atoms with van der Waals surface area (Å²) in [5.74, 6) is 0.0617. The predicted molar refractivity (Wildman–Crippen MR) is 84.3 cm³/mol. The van der Waals surface area contributed by atoms with Crippen molar-refractivity contribution in [2.75, 3.05) is 18.4 Å². The van der Waals surface area contributed by atoms with Crippen molar-refractivity contribution in [3.8, 4) is 0 Å². The lowest BCUT2D eigenvalue weighted by atomic mass is 9.88. The number of likely N-dealkylation sites (N-methyl/N-ethyl adjacent to an activating group) is 1. The van der Waals surface area contributed by atoms with Crippen LogP contribution in [0.15, 0.2) is 5.38 Å². The molecule has 1 aromatic heterocycles. The molecule has 0 radical (unpaired) electrons. The van der Waals surface area contributed by atoms with Crippen LogP contribution in [0.2, 0.25) is 0 Å². The highest BCUT2D eigenvalue weighted by molar-refractivity contribution is 7.13. The molecule has 0 aromatic carbocycles. The largest absolute Gasteiger partial charge is 0.333 e. The minimum Gasteiger partial charge on any atom is -0.333 e. The topological polar surface area (TPSA) is 62.3 Å². The van der Waals surface area contributed by atoms with Crippen LogP contribution >= 0.6 is 11.3 Å². The molecule has 2 amide bonds. The summed E-state index contributed by atoms with van der Waals surface area (Å²) in [6.07, 6.45) is 5.39. The molecule has 0 unspecified atom stereocenters.